The third-order valence-electron chi connectivity index (χ3n) is 3.34. The van der Waals surface area contributed by atoms with Gasteiger partial charge in [0.2, 0.25) is 0 Å². The highest BCUT2D eigenvalue weighted by molar-refractivity contribution is 7.10. The third-order valence-corrected chi connectivity index (χ3v) is 4.35. The number of ether oxygens (including phenoxy) is 1. The number of rotatable bonds is 3. The lowest BCUT2D eigenvalue weighted by Gasteiger charge is -2.24. The van der Waals surface area contributed by atoms with Gasteiger partial charge in [-0.3, -0.25) is 0 Å². The van der Waals surface area contributed by atoms with Crippen molar-refractivity contribution in [3.63, 3.8) is 0 Å². The van der Waals surface area contributed by atoms with Crippen LogP contribution in [0, 0.1) is 6.92 Å². The summed E-state index contributed by atoms with van der Waals surface area (Å²) < 4.78 is 5.28. The fourth-order valence-corrected chi connectivity index (χ4v) is 3.04. The maximum absolute atomic E-state index is 5.28. The van der Waals surface area contributed by atoms with E-state index in [1.165, 1.54) is 10.6 Å². The Labute approximate surface area is 111 Å². The van der Waals surface area contributed by atoms with E-state index in [0.717, 1.165) is 30.1 Å². The molecule has 1 N–H and O–H groups in total. The summed E-state index contributed by atoms with van der Waals surface area (Å²) >= 11 is 1.76. The molecule has 94 valence electrons. The maximum Gasteiger partial charge on any atom is 0.121 e. The van der Waals surface area contributed by atoms with Crippen LogP contribution in [-0.2, 0) is 0 Å². The Kier molecular flexibility index (Phi) is 3.06. The molecular weight excluding hydrogens is 244 g/mol. The van der Waals surface area contributed by atoms with Crippen LogP contribution in [0.2, 0.25) is 0 Å². The van der Waals surface area contributed by atoms with Crippen LogP contribution < -0.4 is 10.1 Å². The molecule has 18 heavy (non-hydrogen) atoms. The number of hydrogen-bond donors (Lipinski definition) is 1. The summed E-state index contributed by atoms with van der Waals surface area (Å²) in [5.74, 6) is 1.54. The quantitative estimate of drug-likeness (QED) is 0.921. The lowest BCUT2D eigenvalue weighted by molar-refractivity contribution is 0.412. The summed E-state index contributed by atoms with van der Waals surface area (Å²) in [5.41, 5.74) is 3.39. The monoisotopic (exact) mass is 260 g/mol. The van der Waals surface area contributed by atoms with Crippen LogP contribution >= 0.6 is 11.3 Å². The van der Waals surface area contributed by atoms with E-state index in [1.54, 1.807) is 18.4 Å². The molecule has 1 aliphatic heterocycles. The molecule has 4 heteroatoms. The molecule has 0 atom stereocenters. The molecular formula is C14H16N2OS. The highest BCUT2D eigenvalue weighted by Gasteiger charge is 2.22. The fraction of sp³-hybridized carbons (Fsp3) is 0.357. The van der Waals surface area contributed by atoms with Gasteiger partial charge in [-0.25, -0.2) is 4.98 Å². The van der Waals surface area contributed by atoms with Crippen molar-refractivity contribution >= 4 is 11.3 Å². The van der Waals surface area contributed by atoms with Crippen molar-refractivity contribution in [2.24, 2.45) is 0 Å². The molecule has 1 aliphatic rings. The van der Waals surface area contributed by atoms with Gasteiger partial charge >= 0.3 is 0 Å². The zero-order chi connectivity index (χ0) is 12.5. The zero-order valence-corrected chi connectivity index (χ0v) is 11.4. The van der Waals surface area contributed by atoms with E-state index in [1.807, 2.05) is 6.07 Å². The summed E-state index contributed by atoms with van der Waals surface area (Å²) in [4.78, 5) is 4.74. The average Bonchev–Trinajstić information content (AvgIpc) is 2.76. The van der Waals surface area contributed by atoms with Gasteiger partial charge in [-0.05, 0) is 30.7 Å². The SMILES string of the molecule is COc1ccc(-c2csc(C3CNC3)n2)cc1C. The predicted octanol–water partition coefficient (Wildman–Crippen LogP) is 2.81. The van der Waals surface area contributed by atoms with E-state index in [0.29, 0.717) is 5.92 Å². The second-order valence-corrected chi connectivity index (χ2v) is 5.50. The number of nitrogens with zero attached hydrogens (tertiary/aromatic N) is 1. The summed E-state index contributed by atoms with van der Waals surface area (Å²) in [6, 6.07) is 6.22. The molecule has 0 radical (unpaired) electrons. The van der Waals surface area contributed by atoms with Crippen molar-refractivity contribution in [1.29, 1.82) is 0 Å². The minimum atomic E-state index is 0.614. The second kappa shape index (κ2) is 4.71. The Morgan fingerprint density at radius 3 is 2.83 bits per heavy atom. The maximum atomic E-state index is 5.28. The lowest BCUT2D eigenvalue weighted by Crippen LogP contribution is -2.39. The van der Waals surface area contributed by atoms with E-state index in [4.69, 9.17) is 9.72 Å². The number of thiazole rings is 1. The van der Waals surface area contributed by atoms with Crippen LogP contribution in [0.25, 0.3) is 11.3 Å². The van der Waals surface area contributed by atoms with Gasteiger partial charge in [-0.15, -0.1) is 11.3 Å². The molecule has 1 aromatic heterocycles. The van der Waals surface area contributed by atoms with Crippen molar-refractivity contribution in [1.82, 2.24) is 10.3 Å². The normalized spacial score (nSPS) is 15.4. The summed E-state index contributed by atoms with van der Waals surface area (Å²) in [7, 11) is 1.70. The van der Waals surface area contributed by atoms with Gasteiger partial charge in [0.25, 0.3) is 0 Å². The minimum absolute atomic E-state index is 0.614. The molecule has 3 nitrogen and oxygen atoms in total. The Hall–Kier alpha value is -1.39. The van der Waals surface area contributed by atoms with Crippen molar-refractivity contribution in [3.8, 4) is 17.0 Å². The van der Waals surface area contributed by atoms with Crippen LogP contribution in [0.5, 0.6) is 5.75 Å². The molecule has 2 aromatic rings. The van der Waals surface area contributed by atoms with E-state index in [-0.39, 0.29) is 0 Å². The van der Waals surface area contributed by atoms with Crippen molar-refractivity contribution in [2.45, 2.75) is 12.8 Å². The van der Waals surface area contributed by atoms with E-state index < -0.39 is 0 Å². The number of hydrogen-bond acceptors (Lipinski definition) is 4. The van der Waals surface area contributed by atoms with E-state index in [2.05, 4.69) is 29.8 Å². The number of aromatic nitrogens is 1. The molecule has 1 aromatic carbocycles. The van der Waals surface area contributed by atoms with Gasteiger partial charge in [0.05, 0.1) is 17.8 Å². The van der Waals surface area contributed by atoms with Crippen LogP contribution in [0.4, 0.5) is 0 Å². The highest BCUT2D eigenvalue weighted by Crippen LogP contribution is 2.30. The zero-order valence-electron chi connectivity index (χ0n) is 10.6. The largest absolute Gasteiger partial charge is 0.496 e. The van der Waals surface area contributed by atoms with Crippen molar-refractivity contribution < 1.29 is 4.74 Å². The van der Waals surface area contributed by atoms with Gasteiger partial charge < -0.3 is 10.1 Å². The first kappa shape index (κ1) is 11.7. The number of methoxy groups -OCH3 is 1. The topological polar surface area (TPSA) is 34.1 Å². The van der Waals surface area contributed by atoms with Gasteiger partial charge in [-0.2, -0.15) is 0 Å². The smallest absolute Gasteiger partial charge is 0.121 e. The number of nitrogens with one attached hydrogen (secondary N) is 1. The molecule has 0 bridgehead atoms. The summed E-state index contributed by atoms with van der Waals surface area (Å²) in [6.45, 7) is 4.19. The standard InChI is InChI=1S/C14H16N2OS/c1-9-5-10(3-4-13(9)17-2)12-8-18-14(16-12)11-6-15-7-11/h3-5,8,11,15H,6-7H2,1-2H3. The number of benzene rings is 1. The molecule has 1 saturated heterocycles. The molecule has 0 aliphatic carbocycles. The van der Waals surface area contributed by atoms with Gasteiger partial charge in [0.1, 0.15) is 5.75 Å². The lowest BCUT2D eigenvalue weighted by atomic mass is 10.0. The van der Waals surface area contributed by atoms with Gasteiger partial charge in [0.15, 0.2) is 0 Å². The molecule has 1 fully saturated rings. The second-order valence-electron chi connectivity index (χ2n) is 4.61. The molecule has 3 rings (SSSR count). The Morgan fingerprint density at radius 1 is 1.39 bits per heavy atom. The minimum Gasteiger partial charge on any atom is -0.496 e. The van der Waals surface area contributed by atoms with Crippen LogP contribution in [0.15, 0.2) is 23.6 Å². The van der Waals surface area contributed by atoms with Crippen molar-refractivity contribution in [3.05, 3.63) is 34.2 Å². The van der Waals surface area contributed by atoms with E-state index in [9.17, 15) is 0 Å². The Balaban J connectivity index is 1.89. The van der Waals surface area contributed by atoms with E-state index >= 15 is 0 Å². The van der Waals surface area contributed by atoms with Gasteiger partial charge in [-0.1, -0.05) is 0 Å². The first-order valence-corrected chi connectivity index (χ1v) is 6.97. The molecule has 0 saturated carbocycles. The third kappa shape index (κ3) is 2.02. The molecule has 2 heterocycles. The first-order valence-electron chi connectivity index (χ1n) is 6.09. The van der Waals surface area contributed by atoms with Crippen LogP contribution in [-0.4, -0.2) is 25.2 Å². The predicted molar refractivity (Wildman–Crippen MR) is 74.4 cm³/mol. The Bertz CT molecular complexity index is 561. The molecule has 0 unspecified atom stereocenters. The molecule has 0 spiro atoms. The Morgan fingerprint density at radius 2 is 2.22 bits per heavy atom. The average molecular weight is 260 g/mol. The van der Waals surface area contributed by atoms with Crippen LogP contribution in [0.1, 0.15) is 16.5 Å². The van der Waals surface area contributed by atoms with Crippen LogP contribution in [0.3, 0.4) is 0 Å². The first-order chi connectivity index (χ1) is 8.78. The highest BCUT2D eigenvalue weighted by atomic mass is 32.1. The number of aryl methyl sites for hydroxylation is 1. The van der Waals surface area contributed by atoms with Crippen molar-refractivity contribution in [2.75, 3.05) is 20.2 Å². The molecule has 0 amide bonds. The summed E-state index contributed by atoms with van der Waals surface area (Å²) in [5, 5.41) is 6.68. The van der Waals surface area contributed by atoms with Gasteiger partial charge in [0, 0.05) is 30.0 Å². The fourth-order valence-electron chi connectivity index (χ4n) is 2.11. The summed E-state index contributed by atoms with van der Waals surface area (Å²) in [6.07, 6.45) is 0.